The maximum Gasteiger partial charge on any atom is 0.410 e. The highest BCUT2D eigenvalue weighted by Gasteiger charge is 2.50. The number of likely N-dealkylation sites (N-methyl/N-ethyl adjacent to an activating group) is 1. The fraction of sp³-hybridized carbons (Fsp3) is 0.638. The number of methoxy groups -OCH3 is 1. The van der Waals surface area contributed by atoms with Crippen LogP contribution in [0, 0.1) is 22.6 Å². The number of piperazine rings is 1. The number of alkyl halides is 3. The van der Waals surface area contributed by atoms with Crippen LogP contribution in [0.3, 0.4) is 0 Å². The van der Waals surface area contributed by atoms with E-state index in [1.165, 1.54) is 18.2 Å². The van der Waals surface area contributed by atoms with Gasteiger partial charge in [0.25, 0.3) is 5.91 Å². The van der Waals surface area contributed by atoms with Crippen LogP contribution < -0.4 is 10.7 Å². The van der Waals surface area contributed by atoms with Crippen molar-refractivity contribution in [2.75, 3.05) is 73.1 Å². The van der Waals surface area contributed by atoms with E-state index in [-0.39, 0.29) is 60.1 Å². The minimum atomic E-state index is -4.75. The Morgan fingerprint density at radius 3 is 2.36 bits per heavy atom. The van der Waals surface area contributed by atoms with Crippen molar-refractivity contribution in [2.45, 2.75) is 149 Å². The lowest BCUT2D eigenvalue weighted by molar-refractivity contribution is -0.158. The number of fused-ring (bicyclic) bond motifs is 6. The lowest BCUT2D eigenvalue weighted by Crippen LogP contribution is -2.64. The minimum absolute atomic E-state index is 0.00920. The molecule has 7 heterocycles. The Hall–Kier alpha value is -5.91. The van der Waals surface area contributed by atoms with Gasteiger partial charge in [0, 0.05) is 105 Å². The van der Waals surface area contributed by atoms with Gasteiger partial charge in [0.05, 0.1) is 40.0 Å². The third kappa shape index (κ3) is 14.3. The summed E-state index contributed by atoms with van der Waals surface area (Å²) in [7, 11) is 3.50. The molecule has 2 N–H and O–H groups in total. The number of esters is 1. The number of piperidine rings is 2. The molecule has 0 radical (unpaired) electrons. The van der Waals surface area contributed by atoms with Gasteiger partial charge in [-0.3, -0.25) is 29.2 Å². The standard InChI is InChI=1S/C58H80F4N10O8S/c1-35(2)49(70-18-13-15-57(53(70)76)16-20-69(21-17-57)54(77)80-55(5,6)7)50(73)65-44-29-48-64-45(32-81-48)39-26-38-40(30-56(8,9)34-79-52(75)42-14-12-19-72(66-42)51(44)74)47(71(33-58(60,61)62)46(38)27-41(39)59)28-43(37(4)78-11)63-31-36(3)68-24-22-67(10)23-25-68/h26-28,31-32,35,37,42,44,49,66H,3,12-25,29-30,33-34H2,1-2,4-11H3,(H,65,73)/b43-28+,63-31?/t37-,42-,44-,49-/m0/s1. The number of amides is 4. The van der Waals surface area contributed by atoms with Crippen LogP contribution in [0.4, 0.5) is 22.4 Å². The molecule has 8 rings (SSSR count). The monoisotopic (exact) mass is 1150 g/mol. The van der Waals surface area contributed by atoms with Gasteiger partial charge in [-0.05, 0) is 109 Å². The van der Waals surface area contributed by atoms with Crippen molar-refractivity contribution in [2.24, 2.45) is 21.7 Å². The van der Waals surface area contributed by atoms with E-state index in [4.69, 9.17) is 24.2 Å². The number of thiazole rings is 1. The topological polar surface area (TPSA) is 183 Å². The van der Waals surface area contributed by atoms with Crippen LogP contribution in [0.5, 0.6) is 0 Å². The van der Waals surface area contributed by atoms with Gasteiger partial charge in [-0.1, -0.05) is 34.3 Å². The van der Waals surface area contributed by atoms with Crippen LogP contribution in [-0.4, -0.2) is 179 Å². The summed E-state index contributed by atoms with van der Waals surface area (Å²) in [5.41, 5.74) is 2.19. The second kappa shape index (κ2) is 24.5. The van der Waals surface area contributed by atoms with Crippen molar-refractivity contribution in [1.29, 1.82) is 0 Å². The normalized spacial score (nSPS) is 22.6. The Bertz CT molecular complexity index is 2910. The number of halogens is 4. The smallest absolute Gasteiger partial charge is 0.410 e. The van der Waals surface area contributed by atoms with Crippen molar-refractivity contribution in [3.05, 3.63) is 57.6 Å². The quantitative estimate of drug-likeness (QED) is 0.107. The number of hydrogen-bond donors (Lipinski definition) is 2. The first-order valence-corrected chi connectivity index (χ1v) is 29.0. The van der Waals surface area contributed by atoms with Gasteiger partial charge in [0.15, 0.2) is 0 Å². The number of rotatable bonds is 11. The Labute approximate surface area is 476 Å². The summed E-state index contributed by atoms with van der Waals surface area (Å²) in [6, 6.07) is -0.684. The lowest BCUT2D eigenvalue weighted by atomic mass is 9.71. The molecule has 3 aromatic rings. The summed E-state index contributed by atoms with van der Waals surface area (Å²) in [6.45, 7) is 21.2. The van der Waals surface area contributed by atoms with Crippen molar-refractivity contribution in [1.82, 2.24) is 44.9 Å². The zero-order chi connectivity index (χ0) is 58.9. The largest absolute Gasteiger partial charge is 0.464 e. The van der Waals surface area contributed by atoms with Gasteiger partial charge in [0.1, 0.15) is 36.1 Å². The zero-order valence-electron chi connectivity index (χ0n) is 48.5. The molecular formula is C58H80F4N10O8S. The number of carbonyl (C=O) groups is 5. The number of likely N-dealkylation sites (tertiary alicyclic amines) is 2. The number of nitrogens with zero attached hydrogens (tertiary/aromatic N) is 8. The molecule has 444 valence electrons. The maximum absolute atomic E-state index is 16.9. The molecule has 4 fully saturated rings. The predicted molar refractivity (Wildman–Crippen MR) is 301 cm³/mol. The summed E-state index contributed by atoms with van der Waals surface area (Å²) in [5.74, 6) is -3.23. The van der Waals surface area contributed by atoms with Crippen LogP contribution in [0.15, 0.2) is 40.5 Å². The van der Waals surface area contributed by atoms with Crippen molar-refractivity contribution in [3.8, 4) is 11.3 Å². The number of aliphatic imine (C=N–C) groups is 1. The fourth-order valence-corrected chi connectivity index (χ4v) is 12.5. The molecule has 0 saturated carbocycles. The van der Waals surface area contributed by atoms with E-state index in [1.54, 1.807) is 55.2 Å². The van der Waals surface area contributed by atoms with Gasteiger partial charge in [-0.25, -0.2) is 19.6 Å². The number of aromatic nitrogens is 2. The zero-order valence-corrected chi connectivity index (χ0v) is 49.3. The van der Waals surface area contributed by atoms with Gasteiger partial charge in [-0.2, -0.15) is 13.2 Å². The molecule has 18 nitrogen and oxygen atoms in total. The molecule has 23 heteroatoms. The first-order valence-electron chi connectivity index (χ1n) is 28.2. The number of cyclic esters (lactones) is 1. The van der Waals surface area contributed by atoms with Gasteiger partial charge < -0.3 is 43.7 Å². The average molecular weight is 1150 g/mol. The minimum Gasteiger partial charge on any atom is -0.464 e. The fourth-order valence-electron chi connectivity index (χ4n) is 11.6. The van der Waals surface area contributed by atoms with Crippen LogP contribution in [0.25, 0.3) is 28.2 Å². The van der Waals surface area contributed by atoms with E-state index >= 15 is 4.39 Å². The summed E-state index contributed by atoms with van der Waals surface area (Å²) in [6.07, 6.45) is -0.165. The van der Waals surface area contributed by atoms with Crippen molar-refractivity contribution in [3.63, 3.8) is 0 Å². The van der Waals surface area contributed by atoms with Crippen LogP contribution in [0.1, 0.15) is 110 Å². The molecule has 0 unspecified atom stereocenters. The Kier molecular flexibility index (Phi) is 18.5. The van der Waals surface area contributed by atoms with E-state index in [0.717, 1.165) is 35.1 Å². The molecule has 4 atom stereocenters. The third-order valence-electron chi connectivity index (χ3n) is 16.2. The summed E-state index contributed by atoms with van der Waals surface area (Å²) >= 11 is 1.12. The maximum atomic E-state index is 16.9. The number of ether oxygens (including phenoxy) is 3. The third-order valence-corrected chi connectivity index (χ3v) is 17.0. The number of allylic oxidation sites excluding steroid dienone is 1. The number of nitrogens with one attached hydrogen (secondary N) is 2. The highest BCUT2D eigenvalue weighted by atomic mass is 32.1. The molecule has 4 amide bonds. The summed E-state index contributed by atoms with van der Waals surface area (Å²) < 4.78 is 79.9. The first kappa shape index (κ1) is 61.2. The SMILES string of the molecule is C=C(C=N/C(=C/c1c2c3cc(c(F)cc3n1CC(F)(F)F)-c1csc(n1)C[C@H](NC(=O)[C@H](C(C)C)N1CCCC3(CCN(C(=O)OC(C)(C)C)CC3)C1=O)C(=O)N1CCC[C@H](N1)C(=O)OCC(C)(C)C2)[C@H](C)OC)N1CCN(C)CC1. The summed E-state index contributed by atoms with van der Waals surface area (Å²) in [4.78, 5) is 88.6. The van der Waals surface area contributed by atoms with E-state index in [2.05, 4.69) is 27.1 Å². The second-order valence-electron chi connectivity index (χ2n) is 24.6. The van der Waals surface area contributed by atoms with E-state index in [9.17, 15) is 37.1 Å². The first-order chi connectivity index (χ1) is 38.1. The molecule has 1 spiro atoms. The summed E-state index contributed by atoms with van der Waals surface area (Å²) in [5, 5.41) is 6.52. The van der Waals surface area contributed by atoms with Crippen LogP contribution in [0.2, 0.25) is 0 Å². The van der Waals surface area contributed by atoms with Crippen LogP contribution in [-0.2, 0) is 52.8 Å². The highest BCUT2D eigenvalue weighted by Crippen LogP contribution is 2.43. The lowest BCUT2D eigenvalue weighted by Gasteiger charge is -2.48. The molecule has 81 heavy (non-hydrogen) atoms. The second-order valence-corrected chi connectivity index (χ2v) is 25.5. The van der Waals surface area contributed by atoms with Crippen molar-refractivity contribution < 1.29 is 55.7 Å². The molecule has 5 aliphatic rings. The molecular weight excluding hydrogens is 1070 g/mol. The van der Waals surface area contributed by atoms with Gasteiger partial charge in [-0.15, -0.1) is 11.3 Å². The molecule has 0 aliphatic carbocycles. The Morgan fingerprint density at radius 1 is 1.00 bits per heavy atom. The molecule has 6 bridgehead atoms. The van der Waals surface area contributed by atoms with Gasteiger partial charge >= 0.3 is 18.2 Å². The predicted octanol–water partition coefficient (Wildman–Crippen LogP) is 7.99. The number of benzene rings is 1. The molecule has 5 aliphatic heterocycles. The van der Waals surface area contributed by atoms with E-state index in [0.29, 0.717) is 92.9 Å². The number of carbonyl (C=O) groups excluding carboxylic acids is 5. The van der Waals surface area contributed by atoms with Crippen LogP contribution >= 0.6 is 11.3 Å². The number of hydrazine groups is 1. The molecule has 2 aromatic heterocycles. The van der Waals surface area contributed by atoms with E-state index < -0.39 is 89.0 Å². The Morgan fingerprint density at radius 2 is 1.70 bits per heavy atom. The molecule has 4 saturated heterocycles. The average Bonchev–Trinajstić information content (AvgIpc) is 4.23. The van der Waals surface area contributed by atoms with Gasteiger partial charge in [0.2, 0.25) is 11.8 Å². The number of hydrogen-bond acceptors (Lipinski definition) is 14. The highest BCUT2D eigenvalue weighted by molar-refractivity contribution is 7.10. The van der Waals surface area contributed by atoms with E-state index in [1.807, 2.05) is 34.7 Å². The Balaban J connectivity index is 1.17. The molecule has 1 aromatic carbocycles. The van der Waals surface area contributed by atoms with Crippen molar-refractivity contribution >= 4 is 64.3 Å².